The molecule has 1 aromatic heterocycles. The lowest BCUT2D eigenvalue weighted by atomic mass is 9.78. The van der Waals surface area contributed by atoms with Crippen molar-refractivity contribution >= 4 is 5.91 Å². The summed E-state index contributed by atoms with van der Waals surface area (Å²) in [7, 11) is 1.56. The second-order valence-electron chi connectivity index (χ2n) is 7.34. The predicted molar refractivity (Wildman–Crippen MR) is 89.1 cm³/mol. The third-order valence-electron chi connectivity index (χ3n) is 5.80. The van der Waals surface area contributed by atoms with Crippen LogP contribution in [-0.2, 0) is 28.7 Å². The fraction of sp³-hybridized carbons (Fsp3) is 0.667. The molecule has 2 N–H and O–H groups in total. The highest BCUT2D eigenvalue weighted by atomic mass is 19.4. The second-order valence-corrected chi connectivity index (χ2v) is 7.34. The van der Waals surface area contributed by atoms with Gasteiger partial charge in [-0.1, -0.05) is 0 Å². The summed E-state index contributed by atoms with van der Waals surface area (Å²) in [6, 6.07) is 1.04. The first kappa shape index (κ1) is 19.1. The maximum absolute atomic E-state index is 13.3. The topological polar surface area (TPSA) is 68.5 Å². The minimum Gasteiger partial charge on any atom is -0.381 e. The van der Waals surface area contributed by atoms with Crippen LogP contribution in [0.1, 0.15) is 43.0 Å². The minimum absolute atomic E-state index is 0.0628. The third-order valence-corrected chi connectivity index (χ3v) is 5.80. The van der Waals surface area contributed by atoms with Gasteiger partial charge in [0.1, 0.15) is 0 Å². The van der Waals surface area contributed by atoms with Crippen LogP contribution >= 0.6 is 0 Å². The van der Waals surface area contributed by atoms with Gasteiger partial charge in [-0.3, -0.25) is 9.78 Å². The standard InChI is InChI=1S/C18H24F3N3O2/c1-11(26-2)17(5-3-14(22)8-17)16(25)24-6-4-15-12(10-24)7-13(9-23-15)18(19,20)21/h7,9,11,14H,3-6,8,10,22H2,1-2H3. The van der Waals surface area contributed by atoms with Crippen molar-refractivity contribution in [3.8, 4) is 0 Å². The predicted octanol–water partition coefficient (Wildman–Crippen LogP) is 2.52. The maximum Gasteiger partial charge on any atom is 0.417 e. The van der Waals surface area contributed by atoms with Crippen molar-refractivity contribution in [1.29, 1.82) is 0 Å². The molecule has 8 heteroatoms. The van der Waals surface area contributed by atoms with E-state index in [0.717, 1.165) is 18.7 Å². The lowest BCUT2D eigenvalue weighted by molar-refractivity contribution is -0.151. The van der Waals surface area contributed by atoms with E-state index in [-0.39, 0.29) is 24.6 Å². The van der Waals surface area contributed by atoms with Gasteiger partial charge in [0.15, 0.2) is 0 Å². The lowest BCUT2D eigenvalue weighted by Crippen LogP contribution is -2.50. The van der Waals surface area contributed by atoms with E-state index in [9.17, 15) is 18.0 Å². The molecule has 1 aliphatic carbocycles. The van der Waals surface area contributed by atoms with Crippen molar-refractivity contribution in [2.45, 2.75) is 57.5 Å². The first-order valence-electron chi connectivity index (χ1n) is 8.80. The van der Waals surface area contributed by atoms with Gasteiger partial charge >= 0.3 is 6.18 Å². The number of fused-ring (bicyclic) bond motifs is 1. The van der Waals surface area contributed by atoms with Gasteiger partial charge < -0.3 is 15.4 Å². The molecule has 5 nitrogen and oxygen atoms in total. The monoisotopic (exact) mass is 371 g/mol. The van der Waals surface area contributed by atoms with Crippen molar-refractivity contribution in [3.05, 3.63) is 29.1 Å². The van der Waals surface area contributed by atoms with Gasteiger partial charge in [-0.25, -0.2) is 0 Å². The molecule has 0 saturated heterocycles. The molecule has 1 amide bonds. The molecule has 0 aromatic carbocycles. The summed E-state index contributed by atoms with van der Waals surface area (Å²) >= 11 is 0. The summed E-state index contributed by atoms with van der Waals surface area (Å²) < 4.78 is 44.4. The van der Waals surface area contributed by atoms with E-state index in [2.05, 4.69) is 4.98 Å². The molecule has 144 valence electrons. The number of nitrogens with zero attached hydrogens (tertiary/aromatic N) is 2. The maximum atomic E-state index is 13.3. The van der Waals surface area contributed by atoms with Crippen molar-refractivity contribution in [2.24, 2.45) is 11.1 Å². The summed E-state index contributed by atoms with van der Waals surface area (Å²) in [5, 5.41) is 0. The largest absolute Gasteiger partial charge is 0.417 e. The summed E-state index contributed by atoms with van der Waals surface area (Å²) in [5.74, 6) is -0.0807. The number of ether oxygens (including phenoxy) is 1. The van der Waals surface area contributed by atoms with Gasteiger partial charge in [-0.15, -0.1) is 0 Å². The van der Waals surface area contributed by atoms with Crippen LogP contribution in [0.3, 0.4) is 0 Å². The van der Waals surface area contributed by atoms with Crippen LogP contribution in [0.2, 0.25) is 0 Å². The highest BCUT2D eigenvalue weighted by Crippen LogP contribution is 2.44. The zero-order valence-corrected chi connectivity index (χ0v) is 15.0. The summed E-state index contributed by atoms with van der Waals surface area (Å²) in [5.41, 5.74) is 5.65. The van der Waals surface area contributed by atoms with Gasteiger partial charge in [0.2, 0.25) is 5.91 Å². The first-order chi connectivity index (χ1) is 12.2. The number of carbonyl (C=O) groups is 1. The first-order valence-corrected chi connectivity index (χ1v) is 8.80. The average molecular weight is 371 g/mol. The number of hydrogen-bond donors (Lipinski definition) is 1. The van der Waals surface area contributed by atoms with E-state index in [4.69, 9.17) is 10.5 Å². The minimum atomic E-state index is -4.45. The van der Waals surface area contributed by atoms with Crippen LogP contribution in [0.25, 0.3) is 0 Å². The number of carbonyl (C=O) groups excluding carboxylic acids is 1. The Kier molecular flexibility index (Phi) is 5.00. The number of methoxy groups -OCH3 is 1. The average Bonchev–Trinajstić information content (AvgIpc) is 3.01. The van der Waals surface area contributed by atoms with Crippen LogP contribution in [0.4, 0.5) is 13.2 Å². The molecular weight excluding hydrogens is 347 g/mol. The number of halogens is 3. The zero-order chi connectivity index (χ0) is 19.1. The fourth-order valence-corrected chi connectivity index (χ4v) is 4.15. The van der Waals surface area contributed by atoms with Crippen LogP contribution in [-0.4, -0.2) is 41.6 Å². The number of pyridine rings is 1. The highest BCUT2D eigenvalue weighted by Gasteiger charge is 2.50. The van der Waals surface area contributed by atoms with E-state index in [1.54, 1.807) is 12.0 Å². The van der Waals surface area contributed by atoms with Crippen LogP contribution in [0.5, 0.6) is 0 Å². The Morgan fingerprint density at radius 2 is 2.23 bits per heavy atom. The highest BCUT2D eigenvalue weighted by molar-refractivity contribution is 5.84. The number of aromatic nitrogens is 1. The fourth-order valence-electron chi connectivity index (χ4n) is 4.15. The molecule has 3 atom stereocenters. The molecule has 26 heavy (non-hydrogen) atoms. The van der Waals surface area contributed by atoms with Crippen molar-refractivity contribution < 1.29 is 22.7 Å². The van der Waals surface area contributed by atoms with Crippen LogP contribution in [0.15, 0.2) is 12.3 Å². The van der Waals surface area contributed by atoms with E-state index in [1.165, 1.54) is 0 Å². The Hall–Kier alpha value is -1.67. The third kappa shape index (κ3) is 3.32. The Bertz CT molecular complexity index is 695. The number of rotatable bonds is 3. The van der Waals surface area contributed by atoms with E-state index >= 15 is 0 Å². The summed E-state index contributed by atoms with van der Waals surface area (Å²) in [4.78, 5) is 18.9. The number of amides is 1. The Labute approximate surface area is 150 Å². The van der Waals surface area contributed by atoms with E-state index in [1.807, 2.05) is 6.92 Å². The van der Waals surface area contributed by atoms with Crippen molar-refractivity contribution in [3.63, 3.8) is 0 Å². The van der Waals surface area contributed by atoms with Gasteiger partial charge in [0, 0.05) is 44.6 Å². The lowest BCUT2D eigenvalue weighted by Gasteiger charge is -2.39. The zero-order valence-electron chi connectivity index (χ0n) is 15.0. The molecule has 0 bridgehead atoms. The molecular formula is C18H24F3N3O2. The molecule has 0 spiro atoms. The van der Waals surface area contributed by atoms with Crippen LogP contribution < -0.4 is 5.73 Å². The SMILES string of the molecule is COC(C)C1(C(=O)N2CCc3ncc(C(F)(F)F)cc3C2)CCC(N)C1. The molecule has 1 aliphatic heterocycles. The van der Waals surface area contributed by atoms with Crippen LogP contribution in [0, 0.1) is 5.41 Å². The Balaban J connectivity index is 1.86. The van der Waals surface area contributed by atoms with Crippen molar-refractivity contribution in [2.75, 3.05) is 13.7 Å². The second kappa shape index (κ2) is 6.81. The van der Waals surface area contributed by atoms with Gasteiger partial charge in [-0.05, 0) is 37.8 Å². The van der Waals surface area contributed by atoms with Crippen molar-refractivity contribution in [1.82, 2.24) is 9.88 Å². The number of alkyl halides is 3. The molecule has 1 aromatic rings. The Morgan fingerprint density at radius 3 is 2.81 bits per heavy atom. The number of nitrogens with two attached hydrogens (primary N) is 1. The van der Waals surface area contributed by atoms with Gasteiger partial charge in [0.25, 0.3) is 0 Å². The van der Waals surface area contributed by atoms with Gasteiger partial charge in [-0.2, -0.15) is 13.2 Å². The molecule has 3 rings (SSSR count). The Morgan fingerprint density at radius 1 is 1.50 bits per heavy atom. The quantitative estimate of drug-likeness (QED) is 0.887. The van der Waals surface area contributed by atoms with E-state index < -0.39 is 17.2 Å². The molecule has 3 unspecified atom stereocenters. The smallest absolute Gasteiger partial charge is 0.381 e. The summed E-state index contributed by atoms with van der Waals surface area (Å²) in [6.45, 7) is 2.44. The molecule has 2 aliphatic rings. The molecule has 1 fully saturated rings. The molecule has 2 heterocycles. The normalized spacial score (nSPS) is 27.3. The molecule has 0 radical (unpaired) electrons. The van der Waals surface area contributed by atoms with E-state index in [0.29, 0.717) is 37.1 Å². The van der Waals surface area contributed by atoms with Gasteiger partial charge in [0.05, 0.1) is 17.1 Å². The summed E-state index contributed by atoms with van der Waals surface area (Å²) in [6.07, 6.45) is -1.53. The molecule has 1 saturated carbocycles. The number of hydrogen-bond acceptors (Lipinski definition) is 4.